The van der Waals surface area contributed by atoms with E-state index in [-0.39, 0.29) is 5.82 Å². The van der Waals surface area contributed by atoms with Gasteiger partial charge < -0.3 is 5.32 Å². The molecular formula is C14H13ClFN. The summed E-state index contributed by atoms with van der Waals surface area (Å²) < 4.78 is 13.9. The molecule has 0 spiro atoms. The Morgan fingerprint density at radius 2 is 1.88 bits per heavy atom. The number of rotatable bonds is 3. The van der Waals surface area contributed by atoms with Crippen LogP contribution < -0.4 is 5.32 Å². The van der Waals surface area contributed by atoms with E-state index in [1.165, 1.54) is 6.07 Å². The third-order valence-electron chi connectivity index (χ3n) is 2.61. The minimum Gasteiger partial charge on any atom is -0.316 e. The summed E-state index contributed by atoms with van der Waals surface area (Å²) in [7, 11) is 1.87. The largest absolute Gasteiger partial charge is 0.316 e. The maximum atomic E-state index is 13.9. The molecule has 3 heteroatoms. The van der Waals surface area contributed by atoms with Gasteiger partial charge in [0, 0.05) is 17.1 Å². The lowest BCUT2D eigenvalue weighted by Crippen LogP contribution is -2.06. The first-order valence-corrected chi connectivity index (χ1v) is 5.78. The number of halogens is 2. The Labute approximate surface area is 105 Å². The molecule has 88 valence electrons. The molecule has 0 atom stereocenters. The lowest BCUT2D eigenvalue weighted by molar-refractivity contribution is 0.631. The Bertz CT molecular complexity index is 525. The van der Waals surface area contributed by atoms with E-state index in [1.54, 1.807) is 12.1 Å². The number of nitrogens with one attached hydrogen (secondary N) is 1. The van der Waals surface area contributed by atoms with Crippen LogP contribution in [-0.4, -0.2) is 7.05 Å². The summed E-state index contributed by atoms with van der Waals surface area (Å²) in [5.41, 5.74) is 2.55. The third-order valence-corrected chi connectivity index (χ3v) is 2.84. The van der Waals surface area contributed by atoms with Gasteiger partial charge in [0.05, 0.1) is 0 Å². The van der Waals surface area contributed by atoms with Gasteiger partial charge in [-0.25, -0.2) is 4.39 Å². The summed E-state index contributed by atoms with van der Waals surface area (Å²) in [6, 6.07) is 12.5. The van der Waals surface area contributed by atoms with Crippen molar-refractivity contribution in [3.63, 3.8) is 0 Å². The first-order valence-electron chi connectivity index (χ1n) is 5.40. The van der Waals surface area contributed by atoms with E-state index in [9.17, 15) is 4.39 Å². The SMILES string of the molecule is CNCc1ccccc1-c1ccc(Cl)cc1F. The van der Waals surface area contributed by atoms with Gasteiger partial charge in [-0.1, -0.05) is 35.9 Å². The summed E-state index contributed by atoms with van der Waals surface area (Å²) in [5, 5.41) is 3.49. The minimum atomic E-state index is -0.291. The van der Waals surface area contributed by atoms with Gasteiger partial charge in [0.25, 0.3) is 0 Å². The molecule has 0 saturated heterocycles. The van der Waals surface area contributed by atoms with Crippen molar-refractivity contribution in [1.29, 1.82) is 0 Å². The molecule has 0 amide bonds. The van der Waals surface area contributed by atoms with Crippen molar-refractivity contribution in [3.8, 4) is 11.1 Å². The van der Waals surface area contributed by atoms with Crippen molar-refractivity contribution in [2.24, 2.45) is 0 Å². The second-order valence-corrected chi connectivity index (χ2v) is 4.25. The molecule has 0 radical (unpaired) electrons. The predicted octanol–water partition coefficient (Wildman–Crippen LogP) is 3.87. The normalized spacial score (nSPS) is 10.5. The maximum absolute atomic E-state index is 13.9. The van der Waals surface area contributed by atoms with Crippen LogP contribution in [0, 0.1) is 5.82 Å². The lowest BCUT2D eigenvalue weighted by Gasteiger charge is -2.10. The van der Waals surface area contributed by atoms with Gasteiger partial charge in [-0.05, 0) is 36.4 Å². The molecule has 2 rings (SSSR count). The van der Waals surface area contributed by atoms with E-state index >= 15 is 0 Å². The van der Waals surface area contributed by atoms with E-state index < -0.39 is 0 Å². The molecule has 0 aliphatic heterocycles. The summed E-state index contributed by atoms with van der Waals surface area (Å²) in [5.74, 6) is -0.291. The molecule has 0 saturated carbocycles. The molecule has 0 unspecified atom stereocenters. The second kappa shape index (κ2) is 5.30. The van der Waals surface area contributed by atoms with Gasteiger partial charge in [0.2, 0.25) is 0 Å². The van der Waals surface area contributed by atoms with Gasteiger partial charge in [-0.15, -0.1) is 0 Å². The molecule has 17 heavy (non-hydrogen) atoms. The molecule has 1 N–H and O–H groups in total. The second-order valence-electron chi connectivity index (χ2n) is 3.81. The van der Waals surface area contributed by atoms with Crippen LogP contribution in [0.1, 0.15) is 5.56 Å². The standard InChI is InChI=1S/C14H13ClFN/c1-17-9-10-4-2-3-5-12(10)13-7-6-11(15)8-14(13)16/h2-8,17H,9H2,1H3. The molecule has 0 aromatic heterocycles. The van der Waals surface area contributed by atoms with Crippen LogP contribution in [-0.2, 0) is 6.54 Å². The zero-order chi connectivity index (χ0) is 12.3. The smallest absolute Gasteiger partial charge is 0.132 e. The predicted molar refractivity (Wildman–Crippen MR) is 69.6 cm³/mol. The van der Waals surface area contributed by atoms with Crippen molar-refractivity contribution < 1.29 is 4.39 Å². The molecular weight excluding hydrogens is 237 g/mol. The average Bonchev–Trinajstić information content (AvgIpc) is 2.31. The molecule has 0 fully saturated rings. The number of hydrogen-bond donors (Lipinski definition) is 1. The molecule has 2 aromatic carbocycles. The van der Waals surface area contributed by atoms with E-state index in [4.69, 9.17) is 11.6 Å². The quantitative estimate of drug-likeness (QED) is 0.871. The topological polar surface area (TPSA) is 12.0 Å². The number of benzene rings is 2. The van der Waals surface area contributed by atoms with Gasteiger partial charge in [0.15, 0.2) is 0 Å². The number of hydrogen-bond acceptors (Lipinski definition) is 1. The van der Waals surface area contributed by atoms with Gasteiger partial charge in [0.1, 0.15) is 5.82 Å². The first kappa shape index (κ1) is 12.1. The Balaban J connectivity index is 2.52. The highest BCUT2D eigenvalue weighted by Gasteiger charge is 2.09. The molecule has 0 bridgehead atoms. The van der Waals surface area contributed by atoms with Crippen LogP contribution in [0.3, 0.4) is 0 Å². The lowest BCUT2D eigenvalue weighted by atomic mass is 9.99. The fourth-order valence-corrected chi connectivity index (χ4v) is 1.99. The van der Waals surface area contributed by atoms with Crippen LogP contribution in [0.15, 0.2) is 42.5 Å². The zero-order valence-electron chi connectivity index (χ0n) is 9.50. The Morgan fingerprint density at radius 3 is 2.59 bits per heavy atom. The van der Waals surface area contributed by atoms with Crippen molar-refractivity contribution in [2.45, 2.75) is 6.54 Å². The van der Waals surface area contributed by atoms with E-state index in [0.717, 1.165) is 11.1 Å². The minimum absolute atomic E-state index is 0.291. The highest BCUT2D eigenvalue weighted by molar-refractivity contribution is 6.30. The van der Waals surface area contributed by atoms with Crippen molar-refractivity contribution >= 4 is 11.6 Å². The Hall–Kier alpha value is -1.38. The van der Waals surface area contributed by atoms with Gasteiger partial charge >= 0.3 is 0 Å². The third kappa shape index (κ3) is 2.65. The van der Waals surface area contributed by atoms with Crippen molar-refractivity contribution in [3.05, 3.63) is 58.9 Å². The van der Waals surface area contributed by atoms with Gasteiger partial charge in [-0.2, -0.15) is 0 Å². The van der Waals surface area contributed by atoms with Gasteiger partial charge in [-0.3, -0.25) is 0 Å². The monoisotopic (exact) mass is 249 g/mol. The van der Waals surface area contributed by atoms with Crippen LogP contribution in [0.4, 0.5) is 4.39 Å². The van der Waals surface area contributed by atoms with E-state index in [1.807, 2.05) is 31.3 Å². The fourth-order valence-electron chi connectivity index (χ4n) is 1.84. The van der Waals surface area contributed by atoms with Crippen molar-refractivity contribution in [1.82, 2.24) is 5.32 Å². The molecule has 0 aliphatic rings. The van der Waals surface area contributed by atoms with Crippen LogP contribution in [0.25, 0.3) is 11.1 Å². The highest BCUT2D eigenvalue weighted by Crippen LogP contribution is 2.28. The van der Waals surface area contributed by atoms with Crippen molar-refractivity contribution in [2.75, 3.05) is 7.05 Å². The van der Waals surface area contributed by atoms with E-state index in [0.29, 0.717) is 17.1 Å². The highest BCUT2D eigenvalue weighted by atomic mass is 35.5. The van der Waals surface area contributed by atoms with Crippen LogP contribution >= 0.6 is 11.6 Å². The summed E-state index contributed by atoms with van der Waals surface area (Å²) in [6.45, 7) is 0.707. The summed E-state index contributed by atoms with van der Waals surface area (Å²) >= 11 is 5.75. The summed E-state index contributed by atoms with van der Waals surface area (Å²) in [4.78, 5) is 0. The molecule has 2 aromatic rings. The average molecular weight is 250 g/mol. The molecule has 0 heterocycles. The Morgan fingerprint density at radius 1 is 1.12 bits per heavy atom. The Kier molecular flexibility index (Phi) is 3.77. The summed E-state index contributed by atoms with van der Waals surface area (Å²) in [6.07, 6.45) is 0. The van der Waals surface area contributed by atoms with Crippen LogP contribution in [0.2, 0.25) is 5.02 Å². The van der Waals surface area contributed by atoms with Crippen LogP contribution in [0.5, 0.6) is 0 Å². The molecule has 0 aliphatic carbocycles. The first-order chi connectivity index (χ1) is 8.22. The van der Waals surface area contributed by atoms with E-state index in [2.05, 4.69) is 5.32 Å². The molecule has 1 nitrogen and oxygen atoms in total. The zero-order valence-corrected chi connectivity index (χ0v) is 10.3. The maximum Gasteiger partial charge on any atom is 0.132 e. The fraction of sp³-hybridized carbons (Fsp3) is 0.143.